The molecule has 0 saturated carbocycles. The van der Waals surface area contributed by atoms with Crippen molar-refractivity contribution in [3.05, 3.63) is 82.9 Å². The molecule has 6 nitrogen and oxygen atoms in total. The molecular weight excluding hydrogens is 452 g/mol. The number of hydrogen-bond acceptors (Lipinski definition) is 4. The lowest BCUT2D eigenvalue weighted by Crippen LogP contribution is -2.14. The van der Waals surface area contributed by atoms with Crippen molar-refractivity contribution < 1.29 is 19.8 Å². The first-order valence-electron chi connectivity index (χ1n) is 12.1. The lowest BCUT2D eigenvalue weighted by Gasteiger charge is -2.18. The first-order chi connectivity index (χ1) is 16.7. The molecule has 0 aromatic heterocycles. The van der Waals surface area contributed by atoms with Crippen LogP contribution in [0.2, 0.25) is 0 Å². The fourth-order valence-corrected chi connectivity index (χ4v) is 4.02. The second-order valence-corrected chi connectivity index (χ2v) is 11.7. The summed E-state index contributed by atoms with van der Waals surface area (Å²) in [4.78, 5) is 25.3. The number of nitrogens with one attached hydrogen (secondary N) is 2. The summed E-state index contributed by atoms with van der Waals surface area (Å²) in [6.07, 6.45) is 1.57. The maximum Gasteiger partial charge on any atom is 0.259 e. The third-order valence-electron chi connectivity index (χ3n) is 5.48. The molecule has 0 unspecified atom stereocenters. The Kier molecular flexibility index (Phi) is 7.77. The van der Waals surface area contributed by atoms with E-state index in [1.165, 1.54) is 0 Å². The van der Waals surface area contributed by atoms with Gasteiger partial charge in [0.05, 0.1) is 11.1 Å². The van der Waals surface area contributed by atoms with E-state index in [4.69, 9.17) is 0 Å². The summed E-state index contributed by atoms with van der Waals surface area (Å²) >= 11 is 0. The smallest absolute Gasteiger partial charge is 0.259 e. The molecule has 0 aliphatic rings. The Morgan fingerprint density at radius 3 is 1.22 bits per heavy atom. The van der Waals surface area contributed by atoms with Crippen LogP contribution < -0.4 is 10.6 Å². The minimum absolute atomic E-state index is 0.0635. The van der Waals surface area contributed by atoms with E-state index in [0.29, 0.717) is 11.4 Å². The van der Waals surface area contributed by atoms with E-state index in [2.05, 4.69) is 52.2 Å². The van der Waals surface area contributed by atoms with Crippen LogP contribution in [0, 0.1) is 10.8 Å². The van der Waals surface area contributed by atoms with E-state index < -0.39 is 11.8 Å². The molecule has 0 aliphatic heterocycles. The van der Waals surface area contributed by atoms with Gasteiger partial charge in [0.1, 0.15) is 11.5 Å². The van der Waals surface area contributed by atoms with Gasteiger partial charge in [0.2, 0.25) is 0 Å². The normalized spacial score (nSPS) is 11.7. The Bertz CT molecular complexity index is 1150. The van der Waals surface area contributed by atoms with Crippen molar-refractivity contribution in [1.82, 2.24) is 0 Å². The number of rotatable bonds is 6. The standard InChI is InChI=1S/C30H36N2O4/c1-29(2,3)17-19-7-13-23(25(33)15-19)27(35)31-21-9-11-22(12-10-21)32-28(36)24-14-8-20(16-26(24)34)18-30(4,5)6/h7-16,33-34H,17-18H2,1-6H3,(H,31,35)(H,32,36). The lowest BCUT2D eigenvalue weighted by molar-refractivity contribution is 0.101. The summed E-state index contributed by atoms with van der Waals surface area (Å²) in [5.41, 5.74) is 3.49. The van der Waals surface area contributed by atoms with Gasteiger partial charge >= 0.3 is 0 Å². The van der Waals surface area contributed by atoms with Gasteiger partial charge in [-0.15, -0.1) is 0 Å². The number of carbonyl (C=O) groups excluding carboxylic acids is 2. The monoisotopic (exact) mass is 488 g/mol. The van der Waals surface area contributed by atoms with E-state index in [1.807, 2.05) is 12.1 Å². The highest BCUT2D eigenvalue weighted by atomic mass is 16.3. The Hall–Kier alpha value is -3.80. The number of phenolic OH excluding ortho intramolecular Hbond substituents is 2. The van der Waals surface area contributed by atoms with Crippen molar-refractivity contribution in [1.29, 1.82) is 0 Å². The van der Waals surface area contributed by atoms with Gasteiger partial charge in [0, 0.05) is 11.4 Å². The molecule has 190 valence electrons. The van der Waals surface area contributed by atoms with Crippen molar-refractivity contribution in [3.8, 4) is 11.5 Å². The van der Waals surface area contributed by atoms with Crippen LogP contribution in [-0.4, -0.2) is 22.0 Å². The zero-order valence-electron chi connectivity index (χ0n) is 21.9. The average Bonchev–Trinajstić information content (AvgIpc) is 2.72. The van der Waals surface area contributed by atoms with Crippen LogP contribution in [0.5, 0.6) is 11.5 Å². The van der Waals surface area contributed by atoms with E-state index in [-0.39, 0.29) is 33.5 Å². The zero-order valence-corrected chi connectivity index (χ0v) is 21.9. The molecule has 3 aromatic rings. The molecule has 0 fully saturated rings. The van der Waals surface area contributed by atoms with Gasteiger partial charge < -0.3 is 20.8 Å². The highest BCUT2D eigenvalue weighted by Gasteiger charge is 2.17. The zero-order chi connectivity index (χ0) is 26.7. The summed E-state index contributed by atoms with van der Waals surface area (Å²) in [6.45, 7) is 12.7. The predicted molar refractivity (Wildman–Crippen MR) is 145 cm³/mol. The number of anilines is 2. The molecule has 0 bridgehead atoms. The first-order valence-corrected chi connectivity index (χ1v) is 12.1. The molecule has 6 heteroatoms. The third-order valence-corrected chi connectivity index (χ3v) is 5.48. The Morgan fingerprint density at radius 2 is 0.944 bits per heavy atom. The van der Waals surface area contributed by atoms with Crippen molar-refractivity contribution in [2.75, 3.05) is 10.6 Å². The fourth-order valence-electron chi connectivity index (χ4n) is 4.02. The summed E-state index contributed by atoms with van der Waals surface area (Å²) < 4.78 is 0. The second-order valence-electron chi connectivity index (χ2n) is 11.7. The molecule has 2 amide bonds. The van der Waals surface area contributed by atoms with Crippen molar-refractivity contribution in [2.24, 2.45) is 10.8 Å². The molecule has 36 heavy (non-hydrogen) atoms. The number of phenols is 2. The lowest BCUT2D eigenvalue weighted by atomic mass is 9.88. The number of benzene rings is 3. The van der Waals surface area contributed by atoms with Crippen LogP contribution >= 0.6 is 0 Å². The van der Waals surface area contributed by atoms with Crippen LogP contribution in [0.1, 0.15) is 73.4 Å². The van der Waals surface area contributed by atoms with Crippen LogP contribution in [0.4, 0.5) is 11.4 Å². The summed E-state index contributed by atoms with van der Waals surface area (Å²) in [7, 11) is 0. The predicted octanol–water partition coefficient (Wildman–Crippen LogP) is 6.78. The highest BCUT2D eigenvalue weighted by Crippen LogP contribution is 2.28. The van der Waals surface area contributed by atoms with Crippen LogP contribution in [0.25, 0.3) is 0 Å². The summed E-state index contributed by atoms with van der Waals surface area (Å²) in [5, 5.41) is 26.2. The van der Waals surface area contributed by atoms with Gasteiger partial charge in [0.25, 0.3) is 11.8 Å². The molecule has 3 rings (SSSR count). The molecule has 3 aromatic carbocycles. The first kappa shape index (κ1) is 26.8. The number of carbonyl (C=O) groups is 2. The Morgan fingerprint density at radius 1 is 0.611 bits per heavy atom. The summed E-state index contributed by atoms with van der Waals surface area (Å²) in [6, 6.07) is 16.8. The van der Waals surface area contributed by atoms with Crippen molar-refractivity contribution in [3.63, 3.8) is 0 Å². The fraction of sp³-hybridized carbons (Fsp3) is 0.333. The third kappa shape index (κ3) is 7.60. The minimum Gasteiger partial charge on any atom is -0.507 e. The molecule has 0 radical (unpaired) electrons. The molecular formula is C30H36N2O4. The van der Waals surface area contributed by atoms with Gasteiger partial charge in [-0.2, -0.15) is 0 Å². The van der Waals surface area contributed by atoms with E-state index in [0.717, 1.165) is 24.0 Å². The molecule has 0 saturated heterocycles. The van der Waals surface area contributed by atoms with Gasteiger partial charge in [-0.25, -0.2) is 0 Å². The van der Waals surface area contributed by atoms with Crippen LogP contribution in [-0.2, 0) is 12.8 Å². The molecule has 4 N–H and O–H groups in total. The second kappa shape index (κ2) is 10.4. The van der Waals surface area contributed by atoms with E-state index in [1.54, 1.807) is 48.5 Å². The van der Waals surface area contributed by atoms with Crippen molar-refractivity contribution >= 4 is 23.2 Å². The van der Waals surface area contributed by atoms with E-state index in [9.17, 15) is 19.8 Å². The molecule has 0 atom stereocenters. The van der Waals surface area contributed by atoms with Gasteiger partial charge in [-0.05, 0) is 83.3 Å². The topological polar surface area (TPSA) is 98.7 Å². The Labute approximate surface area is 213 Å². The average molecular weight is 489 g/mol. The van der Waals surface area contributed by atoms with Gasteiger partial charge in [-0.3, -0.25) is 9.59 Å². The van der Waals surface area contributed by atoms with Crippen LogP contribution in [0.3, 0.4) is 0 Å². The molecule has 0 spiro atoms. The van der Waals surface area contributed by atoms with Crippen LogP contribution in [0.15, 0.2) is 60.7 Å². The number of hydrogen-bond donors (Lipinski definition) is 4. The van der Waals surface area contributed by atoms with Crippen molar-refractivity contribution in [2.45, 2.75) is 54.4 Å². The van der Waals surface area contributed by atoms with Gasteiger partial charge in [0.15, 0.2) is 0 Å². The quantitative estimate of drug-likeness (QED) is 0.307. The highest BCUT2D eigenvalue weighted by molar-refractivity contribution is 6.07. The maximum absolute atomic E-state index is 12.7. The molecule has 0 aliphatic carbocycles. The maximum atomic E-state index is 12.7. The SMILES string of the molecule is CC(C)(C)Cc1ccc(C(=O)Nc2ccc(NC(=O)c3ccc(CC(C)(C)C)cc3O)cc2)c(O)c1. The number of amides is 2. The largest absolute Gasteiger partial charge is 0.507 e. The molecule has 0 heterocycles. The summed E-state index contributed by atoms with van der Waals surface area (Å²) in [5.74, 6) is -0.975. The Balaban J connectivity index is 1.63. The van der Waals surface area contributed by atoms with Gasteiger partial charge in [-0.1, -0.05) is 53.7 Å². The van der Waals surface area contributed by atoms with E-state index >= 15 is 0 Å². The minimum atomic E-state index is -0.424. The number of aromatic hydroxyl groups is 2.